The van der Waals surface area contributed by atoms with Crippen LogP contribution in [-0.4, -0.2) is 58.7 Å². The number of carbonyl (C=O) groups is 1. The van der Waals surface area contributed by atoms with E-state index in [0.29, 0.717) is 6.42 Å². The molecule has 1 N–H and O–H groups in total. The molecule has 0 saturated carbocycles. The van der Waals surface area contributed by atoms with Gasteiger partial charge in [-0.25, -0.2) is 0 Å². The number of carboxylic acids is 1. The standard InChI is InChI=1S/C18H36O2.C6H15N.Mg.2H/c1-2-3-4-5-6-7-8-9-10-11-12-13-14-15-16-17-18(19)20;1-4-7(5-2)6-3;;;/h2-17H2,1H3,(H,19,20);4-6H2,1-3H3;;;/q;;+2;2*-1. The Morgan fingerprint density at radius 2 is 0.893 bits per heavy atom. The number of rotatable bonds is 19. The second-order valence-electron chi connectivity index (χ2n) is 7.71. The molecule has 0 saturated heterocycles. The Kier molecular flexibility index (Phi) is 34.5. The molecular formula is C24H53MgNO2. The molecule has 0 spiro atoms. The van der Waals surface area contributed by atoms with E-state index in [9.17, 15) is 4.79 Å². The summed E-state index contributed by atoms with van der Waals surface area (Å²) in [6, 6.07) is 0. The van der Waals surface area contributed by atoms with Gasteiger partial charge in [-0.05, 0) is 26.1 Å². The van der Waals surface area contributed by atoms with Gasteiger partial charge in [-0.1, -0.05) is 118 Å². The number of carboxylic acid groups (broad SMARTS) is 1. The molecule has 168 valence electrons. The molecule has 28 heavy (non-hydrogen) atoms. The number of nitrogens with zero attached hydrogens (tertiary/aromatic N) is 1. The summed E-state index contributed by atoms with van der Waals surface area (Å²) in [7, 11) is 0. The maximum absolute atomic E-state index is 10.3. The number of aliphatic carboxylic acids is 1. The van der Waals surface area contributed by atoms with Crippen LogP contribution in [0.3, 0.4) is 0 Å². The minimum Gasteiger partial charge on any atom is -1.00 e. The largest absolute Gasteiger partial charge is 2.00 e. The molecule has 0 aliphatic heterocycles. The third-order valence-corrected chi connectivity index (χ3v) is 5.34. The van der Waals surface area contributed by atoms with Gasteiger partial charge < -0.3 is 12.9 Å². The van der Waals surface area contributed by atoms with Gasteiger partial charge in [0.2, 0.25) is 0 Å². The molecule has 0 heterocycles. The molecule has 0 bridgehead atoms. The first-order chi connectivity index (χ1) is 13.1. The average Bonchev–Trinajstić information content (AvgIpc) is 2.66. The van der Waals surface area contributed by atoms with Gasteiger partial charge in [0.1, 0.15) is 0 Å². The molecule has 3 nitrogen and oxygen atoms in total. The third-order valence-electron chi connectivity index (χ3n) is 5.34. The zero-order valence-electron chi connectivity index (χ0n) is 21.9. The molecule has 0 fully saturated rings. The SMILES string of the molecule is CCCCCCCCCCCCCCCCCC(=O)O.CCN(CC)CC.[H-].[H-].[Mg+2]. The summed E-state index contributed by atoms with van der Waals surface area (Å²) < 4.78 is 0. The summed E-state index contributed by atoms with van der Waals surface area (Å²) in [6.45, 7) is 12.4. The fourth-order valence-corrected chi connectivity index (χ4v) is 3.32. The van der Waals surface area contributed by atoms with Crippen LogP contribution in [0.1, 0.15) is 133 Å². The van der Waals surface area contributed by atoms with E-state index < -0.39 is 5.97 Å². The maximum Gasteiger partial charge on any atom is 2.00 e. The first kappa shape index (κ1) is 32.9. The van der Waals surface area contributed by atoms with E-state index >= 15 is 0 Å². The van der Waals surface area contributed by atoms with E-state index in [4.69, 9.17) is 5.11 Å². The Balaban J connectivity index is -0.000000180. The Morgan fingerprint density at radius 1 is 0.607 bits per heavy atom. The predicted octanol–water partition coefficient (Wildman–Crippen LogP) is 7.52. The van der Waals surface area contributed by atoms with E-state index in [0.717, 1.165) is 12.8 Å². The van der Waals surface area contributed by atoms with E-state index in [1.807, 2.05) is 0 Å². The quantitative estimate of drug-likeness (QED) is 0.176. The number of hydrogen-bond donors (Lipinski definition) is 1. The van der Waals surface area contributed by atoms with Crippen molar-refractivity contribution in [2.45, 2.75) is 130 Å². The van der Waals surface area contributed by atoms with E-state index in [-0.39, 0.29) is 25.9 Å². The summed E-state index contributed by atoms with van der Waals surface area (Å²) in [5.74, 6) is -0.653. The first-order valence-electron chi connectivity index (χ1n) is 12.1. The molecular weight excluding hydrogens is 359 g/mol. The van der Waals surface area contributed by atoms with Crippen LogP contribution in [0.15, 0.2) is 0 Å². The summed E-state index contributed by atoms with van der Waals surface area (Å²) >= 11 is 0. The topological polar surface area (TPSA) is 40.5 Å². The van der Waals surface area contributed by atoms with Gasteiger partial charge in [0, 0.05) is 6.42 Å². The van der Waals surface area contributed by atoms with Crippen molar-refractivity contribution in [3.05, 3.63) is 0 Å². The molecule has 0 aromatic heterocycles. The molecule has 0 aliphatic rings. The van der Waals surface area contributed by atoms with Gasteiger partial charge in [-0.2, -0.15) is 0 Å². The smallest absolute Gasteiger partial charge is 1.00 e. The van der Waals surface area contributed by atoms with Crippen LogP contribution in [0.25, 0.3) is 0 Å². The van der Waals surface area contributed by atoms with Crippen molar-refractivity contribution in [3.63, 3.8) is 0 Å². The molecule has 0 amide bonds. The van der Waals surface area contributed by atoms with Crippen LogP contribution in [-0.2, 0) is 4.79 Å². The summed E-state index contributed by atoms with van der Waals surface area (Å²) in [6.07, 6.45) is 20.2. The molecule has 0 radical (unpaired) electrons. The molecule has 4 heteroatoms. The second-order valence-corrected chi connectivity index (χ2v) is 7.71. The van der Waals surface area contributed by atoms with Crippen molar-refractivity contribution >= 4 is 29.0 Å². The fraction of sp³-hybridized carbons (Fsp3) is 0.958. The monoisotopic (exact) mass is 411 g/mol. The zero-order chi connectivity index (χ0) is 20.6. The minimum absolute atomic E-state index is 0. The van der Waals surface area contributed by atoms with Crippen molar-refractivity contribution < 1.29 is 12.8 Å². The third kappa shape index (κ3) is 30.9. The Morgan fingerprint density at radius 3 is 1.11 bits per heavy atom. The molecule has 0 unspecified atom stereocenters. The van der Waals surface area contributed by atoms with E-state index in [1.54, 1.807) is 0 Å². The van der Waals surface area contributed by atoms with Gasteiger partial charge >= 0.3 is 29.0 Å². The van der Waals surface area contributed by atoms with Crippen LogP contribution in [0.5, 0.6) is 0 Å². The van der Waals surface area contributed by atoms with Crippen molar-refractivity contribution in [2.75, 3.05) is 19.6 Å². The molecule has 0 aromatic carbocycles. The minimum atomic E-state index is -0.653. The summed E-state index contributed by atoms with van der Waals surface area (Å²) in [5.41, 5.74) is 0. The Hall–Kier alpha value is 0.196. The number of hydrogen-bond acceptors (Lipinski definition) is 2. The Labute approximate surface area is 196 Å². The van der Waals surface area contributed by atoms with Gasteiger partial charge in [0.05, 0.1) is 0 Å². The normalized spacial score (nSPS) is 10.3. The van der Waals surface area contributed by atoms with Crippen molar-refractivity contribution in [1.82, 2.24) is 4.90 Å². The molecule has 0 aliphatic carbocycles. The summed E-state index contributed by atoms with van der Waals surface area (Å²) in [5, 5.41) is 8.52. The van der Waals surface area contributed by atoms with Crippen LogP contribution >= 0.6 is 0 Å². The second kappa shape index (κ2) is 29.4. The predicted molar refractivity (Wildman–Crippen MR) is 129 cm³/mol. The van der Waals surface area contributed by atoms with Crippen LogP contribution < -0.4 is 0 Å². The van der Waals surface area contributed by atoms with Crippen molar-refractivity contribution in [1.29, 1.82) is 0 Å². The first-order valence-corrected chi connectivity index (χ1v) is 12.1. The van der Waals surface area contributed by atoms with Crippen molar-refractivity contribution in [2.24, 2.45) is 0 Å². The average molecular weight is 412 g/mol. The number of unbranched alkanes of at least 4 members (excludes halogenated alkanes) is 14. The summed E-state index contributed by atoms with van der Waals surface area (Å²) in [4.78, 5) is 12.7. The van der Waals surface area contributed by atoms with Crippen LogP contribution in [0.2, 0.25) is 0 Å². The maximum atomic E-state index is 10.3. The van der Waals surface area contributed by atoms with Crippen LogP contribution in [0, 0.1) is 0 Å². The van der Waals surface area contributed by atoms with E-state index in [1.165, 1.54) is 103 Å². The van der Waals surface area contributed by atoms with E-state index in [2.05, 4.69) is 32.6 Å². The van der Waals surface area contributed by atoms with Crippen LogP contribution in [0.4, 0.5) is 0 Å². The van der Waals surface area contributed by atoms with Gasteiger partial charge in [-0.3, -0.25) is 4.79 Å². The molecule has 0 rings (SSSR count). The molecule has 0 atom stereocenters. The Bertz CT molecular complexity index is 289. The van der Waals surface area contributed by atoms with Crippen molar-refractivity contribution in [3.8, 4) is 0 Å². The van der Waals surface area contributed by atoms with Gasteiger partial charge in [0.25, 0.3) is 0 Å². The van der Waals surface area contributed by atoms with Gasteiger partial charge in [-0.15, -0.1) is 0 Å². The molecule has 0 aromatic rings. The fourth-order valence-electron chi connectivity index (χ4n) is 3.32. The zero-order valence-corrected chi connectivity index (χ0v) is 21.4. The van der Waals surface area contributed by atoms with Gasteiger partial charge in [0.15, 0.2) is 0 Å².